The number of hydrogen-bond acceptors (Lipinski definition) is 4. The first kappa shape index (κ1) is 7.71. The van der Waals surface area contributed by atoms with Crippen LogP contribution in [-0.4, -0.2) is 14.6 Å². The molecule has 0 saturated carbocycles. The number of hydrogen-bond donors (Lipinski definition) is 1. The fraction of sp³-hybridized carbons (Fsp3) is 0.125. The van der Waals surface area contributed by atoms with Gasteiger partial charge in [0, 0.05) is 6.20 Å². The number of nitrogens with two attached hydrogens (primary N) is 1. The second kappa shape index (κ2) is 2.84. The molecule has 2 heterocycles. The molecule has 0 amide bonds. The molecule has 0 aliphatic carbocycles. The second-order valence-corrected chi connectivity index (χ2v) is 2.58. The summed E-state index contributed by atoms with van der Waals surface area (Å²) in [5, 5.41) is 16.4. The topological polar surface area (TPSA) is 80.0 Å². The van der Waals surface area contributed by atoms with E-state index < -0.39 is 0 Å². The van der Waals surface area contributed by atoms with Gasteiger partial charge in [-0.25, -0.2) is 0 Å². The molecular formula is C8H7N5. The lowest BCUT2D eigenvalue weighted by molar-refractivity contribution is 0.882. The molecule has 2 rings (SSSR count). The largest absolute Gasteiger partial charge is 0.324 e. The minimum Gasteiger partial charge on any atom is -0.324 e. The summed E-state index contributed by atoms with van der Waals surface area (Å²) < 4.78 is 1.72. The molecule has 0 fully saturated rings. The lowest BCUT2D eigenvalue weighted by Gasteiger charge is -1.95. The van der Waals surface area contributed by atoms with Crippen molar-refractivity contribution in [3.8, 4) is 6.07 Å². The summed E-state index contributed by atoms with van der Waals surface area (Å²) in [5.41, 5.74) is 6.72. The molecule has 0 saturated heterocycles. The highest BCUT2D eigenvalue weighted by Crippen LogP contribution is 2.05. The van der Waals surface area contributed by atoms with Gasteiger partial charge in [-0.2, -0.15) is 5.26 Å². The van der Waals surface area contributed by atoms with Crippen LogP contribution in [0.1, 0.15) is 11.4 Å². The minimum atomic E-state index is 0.316. The van der Waals surface area contributed by atoms with Gasteiger partial charge in [0.05, 0.1) is 12.1 Å². The van der Waals surface area contributed by atoms with Crippen LogP contribution in [0.5, 0.6) is 0 Å². The smallest absolute Gasteiger partial charge is 0.160 e. The number of pyridine rings is 1. The Morgan fingerprint density at radius 1 is 1.46 bits per heavy atom. The van der Waals surface area contributed by atoms with Gasteiger partial charge in [0.1, 0.15) is 6.07 Å². The standard InChI is InChI=1S/C8H7N5/c9-3-6-1-2-7-11-12-8(4-10)13(7)5-6/h1-2,5H,4,10H2. The van der Waals surface area contributed by atoms with Gasteiger partial charge in [-0.1, -0.05) is 0 Å². The molecule has 64 valence electrons. The van der Waals surface area contributed by atoms with Crippen LogP contribution in [0.15, 0.2) is 18.3 Å². The molecule has 0 spiro atoms. The quantitative estimate of drug-likeness (QED) is 0.661. The molecule has 2 aromatic rings. The molecule has 0 unspecified atom stereocenters. The van der Waals surface area contributed by atoms with Crippen LogP contribution in [0.2, 0.25) is 0 Å². The first-order valence-electron chi connectivity index (χ1n) is 3.79. The summed E-state index contributed by atoms with van der Waals surface area (Å²) in [7, 11) is 0. The van der Waals surface area contributed by atoms with Gasteiger partial charge in [-0.05, 0) is 12.1 Å². The van der Waals surface area contributed by atoms with Crippen molar-refractivity contribution in [1.29, 1.82) is 5.26 Å². The lowest BCUT2D eigenvalue weighted by atomic mass is 10.3. The van der Waals surface area contributed by atoms with Gasteiger partial charge in [0.15, 0.2) is 11.5 Å². The number of aromatic nitrogens is 3. The van der Waals surface area contributed by atoms with E-state index in [1.54, 1.807) is 22.7 Å². The van der Waals surface area contributed by atoms with E-state index in [2.05, 4.69) is 10.2 Å². The van der Waals surface area contributed by atoms with Crippen molar-refractivity contribution >= 4 is 5.65 Å². The monoisotopic (exact) mass is 173 g/mol. The highest BCUT2D eigenvalue weighted by molar-refractivity contribution is 5.42. The first-order valence-corrected chi connectivity index (χ1v) is 3.79. The van der Waals surface area contributed by atoms with E-state index in [1.165, 1.54) is 0 Å². The van der Waals surface area contributed by atoms with Crippen molar-refractivity contribution in [1.82, 2.24) is 14.6 Å². The Kier molecular flexibility index (Phi) is 1.69. The third kappa shape index (κ3) is 1.13. The highest BCUT2D eigenvalue weighted by Gasteiger charge is 2.02. The second-order valence-electron chi connectivity index (χ2n) is 2.58. The molecule has 5 heteroatoms. The minimum absolute atomic E-state index is 0.316. The molecule has 13 heavy (non-hydrogen) atoms. The zero-order valence-electron chi connectivity index (χ0n) is 6.81. The Labute approximate surface area is 74.4 Å². The molecule has 0 aliphatic heterocycles. The predicted molar refractivity (Wildman–Crippen MR) is 45.6 cm³/mol. The summed E-state index contributed by atoms with van der Waals surface area (Å²) in [5.74, 6) is 0.659. The molecular weight excluding hydrogens is 166 g/mol. The Bertz CT molecular complexity index is 479. The number of nitrogens with zero attached hydrogens (tertiary/aromatic N) is 4. The van der Waals surface area contributed by atoms with E-state index in [1.807, 2.05) is 6.07 Å². The molecule has 0 aromatic carbocycles. The zero-order valence-corrected chi connectivity index (χ0v) is 6.81. The van der Waals surface area contributed by atoms with E-state index in [-0.39, 0.29) is 0 Å². The van der Waals surface area contributed by atoms with Crippen LogP contribution < -0.4 is 5.73 Å². The molecule has 2 aromatic heterocycles. The van der Waals surface area contributed by atoms with Crippen molar-refractivity contribution in [2.24, 2.45) is 5.73 Å². The highest BCUT2D eigenvalue weighted by atomic mass is 15.2. The number of rotatable bonds is 1. The van der Waals surface area contributed by atoms with Gasteiger partial charge < -0.3 is 5.73 Å². The third-order valence-corrected chi connectivity index (χ3v) is 1.78. The summed E-state index contributed by atoms with van der Waals surface area (Å²) in [6, 6.07) is 5.48. The normalized spacial score (nSPS) is 10.2. The lowest BCUT2D eigenvalue weighted by Crippen LogP contribution is -2.02. The fourth-order valence-electron chi connectivity index (χ4n) is 1.14. The van der Waals surface area contributed by atoms with Gasteiger partial charge in [0.2, 0.25) is 0 Å². The Balaban J connectivity index is 2.73. The van der Waals surface area contributed by atoms with Crippen molar-refractivity contribution < 1.29 is 0 Å². The van der Waals surface area contributed by atoms with Gasteiger partial charge in [0.25, 0.3) is 0 Å². The summed E-state index contributed by atoms with van der Waals surface area (Å²) >= 11 is 0. The van der Waals surface area contributed by atoms with Crippen LogP contribution >= 0.6 is 0 Å². The predicted octanol–water partition coefficient (Wildman–Crippen LogP) is 0.0597. The van der Waals surface area contributed by atoms with Crippen LogP contribution in [0.3, 0.4) is 0 Å². The number of fused-ring (bicyclic) bond motifs is 1. The van der Waals surface area contributed by atoms with Crippen molar-refractivity contribution in [2.75, 3.05) is 0 Å². The molecule has 0 bridgehead atoms. The van der Waals surface area contributed by atoms with Crippen LogP contribution in [0.4, 0.5) is 0 Å². The van der Waals surface area contributed by atoms with Crippen LogP contribution in [0.25, 0.3) is 5.65 Å². The van der Waals surface area contributed by atoms with E-state index in [0.717, 1.165) is 0 Å². The van der Waals surface area contributed by atoms with Crippen molar-refractivity contribution in [3.63, 3.8) is 0 Å². The maximum Gasteiger partial charge on any atom is 0.160 e. The van der Waals surface area contributed by atoms with Crippen LogP contribution in [0, 0.1) is 11.3 Å². The molecule has 0 radical (unpaired) electrons. The summed E-state index contributed by atoms with van der Waals surface area (Å²) in [6.45, 7) is 0.316. The van der Waals surface area contributed by atoms with E-state index >= 15 is 0 Å². The third-order valence-electron chi connectivity index (χ3n) is 1.78. The Hall–Kier alpha value is -1.93. The number of nitriles is 1. The molecule has 0 atom stereocenters. The average Bonchev–Trinajstić information content (AvgIpc) is 2.59. The summed E-state index contributed by atoms with van der Waals surface area (Å²) in [6.07, 6.45) is 1.68. The average molecular weight is 173 g/mol. The Morgan fingerprint density at radius 2 is 2.31 bits per heavy atom. The van der Waals surface area contributed by atoms with Gasteiger partial charge in [-0.15, -0.1) is 10.2 Å². The zero-order chi connectivity index (χ0) is 9.26. The fourth-order valence-corrected chi connectivity index (χ4v) is 1.14. The van der Waals surface area contributed by atoms with Crippen LogP contribution in [-0.2, 0) is 6.54 Å². The van der Waals surface area contributed by atoms with Crippen molar-refractivity contribution in [2.45, 2.75) is 6.54 Å². The van der Waals surface area contributed by atoms with E-state index in [4.69, 9.17) is 11.0 Å². The molecule has 5 nitrogen and oxygen atoms in total. The van der Waals surface area contributed by atoms with Gasteiger partial charge in [-0.3, -0.25) is 4.40 Å². The summed E-state index contributed by atoms with van der Waals surface area (Å²) in [4.78, 5) is 0. The maximum absolute atomic E-state index is 8.66. The maximum atomic E-state index is 8.66. The Morgan fingerprint density at radius 3 is 3.00 bits per heavy atom. The van der Waals surface area contributed by atoms with E-state index in [0.29, 0.717) is 23.6 Å². The van der Waals surface area contributed by atoms with Gasteiger partial charge >= 0.3 is 0 Å². The molecule has 2 N–H and O–H groups in total. The van der Waals surface area contributed by atoms with Crippen molar-refractivity contribution in [3.05, 3.63) is 29.7 Å². The first-order chi connectivity index (χ1) is 6.35. The SMILES string of the molecule is N#Cc1ccc2nnc(CN)n2c1. The molecule has 0 aliphatic rings. The van der Waals surface area contributed by atoms with E-state index in [9.17, 15) is 0 Å².